The van der Waals surface area contributed by atoms with Crippen molar-refractivity contribution in [2.75, 3.05) is 32.7 Å². The monoisotopic (exact) mass is 344 g/mol. The van der Waals surface area contributed by atoms with Gasteiger partial charge in [0.1, 0.15) is 0 Å². The van der Waals surface area contributed by atoms with Crippen LogP contribution in [-0.2, 0) is 4.79 Å². The molecule has 0 aromatic carbocycles. The van der Waals surface area contributed by atoms with E-state index in [1.165, 1.54) is 4.90 Å². The molecule has 1 aromatic rings. The highest BCUT2D eigenvalue weighted by Gasteiger charge is 2.42. The SMILES string of the molecule is O=C(CN1CCC[C@@H](c2ccn[nH]2)C1)N1CCC[C@@H](C(F)(F)F)C1. The smallest absolute Gasteiger partial charge is 0.341 e. The second-order valence-electron chi connectivity index (χ2n) is 6.81. The highest BCUT2D eigenvalue weighted by molar-refractivity contribution is 5.78. The molecule has 2 saturated heterocycles. The van der Waals surface area contributed by atoms with E-state index < -0.39 is 12.1 Å². The second kappa shape index (κ2) is 7.13. The van der Waals surface area contributed by atoms with E-state index in [1.54, 1.807) is 6.20 Å². The molecule has 3 heterocycles. The summed E-state index contributed by atoms with van der Waals surface area (Å²) in [5.41, 5.74) is 1.06. The van der Waals surface area contributed by atoms with Crippen LogP contribution in [0.4, 0.5) is 13.2 Å². The predicted molar refractivity (Wildman–Crippen MR) is 82.4 cm³/mol. The molecule has 0 aliphatic carbocycles. The van der Waals surface area contributed by atoms with Crippen LogP contribution in [0.3, 0.4) is 0 Å². The van der Waals surface area contributed by atoms with Crippen molar-refractivity contribution in [3.8, 4) is 0 Å². The fourth-order valence-corrected chi connectivity index (χ4v) is 3.71. The molecule has 2 fully saturated rings. The Labute approximate surface area is 139 Å². The van der Waals surface area contributed by atoms with Crippen molar-refractivity contribution in [2.24, 2.45) is 5.92 Å². The zero-order chi connectivity index (χ0) is 17.2. The molecule has 1 aromatic heterocycles. The van der Waals surface area contributed by atoms with Gasteiger partial charge in [-0.3, -0.25) is 14.8 Å². The molecular formula is C16H23F3N4O. The average Bonchev–Trinajstić information content (AvgIpc) is 3.09. The molecule has 0 bridgehead atoms. The minimum absolute atomic E-state index is 0.124. The number of hydrogen-bond donors (Lipinski definition) is 1. The lowest BCUT2D eigenvalue weighted by Crippen LogP contribution is -2.49. The Morgan fingerprint density at radius 3 is 2.75 bits per heavy atom. The van der Waals surface area contributed by atoms with Crippen LogP contribution in [0.25, 0.3) is 0 Å². The van der Waals surface area contributed by atoms with Gasteiger partial charge in [-0.2, -0.15) is 18.3 Å². The molecule has 2 atom stereocenters. The van der Waals surface area contributed by atoms with E-state index in [0.29, 0.717) is 18.9 Å². The Hall–Kier alpha value is -1.57. The summed E-state index contributed by atoms with van der Waals surface area (Å²) in [5.74, 6) is -1.26. The first kappa shape index (κ1) is 17.3. The molecule has 0 saturated carbocycles. The van der Waals surface area contributed by atoms with Crippen molar-refractivity contribution in [3.63, 3.8) is 0 Å². The molecule has 1 N–H and O–H groups in total. The topological polar surface area (TPSA) is 52.2 Å². The molecule has 2 aliphatic rings. The summed E-state index contributed by atoms with van der Waals surface area (Å²) in [4.78, 5) is 15.9. The van der Waals surface area contributed by atoms with Crippen molar-refractivity contribution in [1.82, 2.24) is 20.0 Å². The van der Waals surface area contributed by atoms with Crippen molar-refractivity contribution in [3.05, 3.63) is 18.0 Å². The molecule has 24 heavy (non-hydrogen) atoms. The molecule has 0 radical (unpaired) electrons. The van der Waals surface area contributed by atoms with Gasteiger partial charge in [-0.25, -0.2) is 0 Å². The molecule has 2 aliphatic heterocycles. The van der Waals surface area contributed by atoms with Crippen molar-refractivity contribution >= 4 is 5.91 Å². The number of nitrogens with zero attached hydrogens (tertiary/aromatic N) is 3. The van der Waals surface area contributed by atoms with Crippen LogP contribution in [0.15, 0.2) is 12.3 Å². The maximum absolute atomic E-state index is 12.9. The van der Waals surface area contributed by atoms with Gasteiger partial charge < -0.3 is 4.90 Å². The number of nitrogens with one attached hydrogen (secondary N) is 1. The first-order valence-corrected chi connectivity index (χ1v) is 8.49. The van der Waals surface area contributed by atoms with Gasteiger partial charge in [0.2, 0.25) is 5.91 Å². The van der Waals surface area contributed by atoms with E-state index in [4.69, 9.17) is 0 Å². The van der Waals surface area contributed by atoms with Crippen LogP contribution < -0.4 is 0 Å². The number of rotatable bonds is 3. The van der Waals surface area contributed by atoms with Gasteiger partial charge in [0.25, 0.3) is 0 Å². The number of carbonyl (C=O) groups excluding carboxylic acids is 1. The Bertz CT molecular complexity index is 546. The number of likely N-dealkylation sites (tertiary alicyclic amines) is 2. The molecule has 3 rings (SSSR count). The van der Waals surface area contributed by atoms with Gasteiger partial charge in [-0.05, 0) is 38.3 Å². The minimum atomic E-state index is -4.21. The zero-order valence-electron chi connectivity index (χ0n) is 13.6. The standard InChI is InChI=1S/C16H23F3N4O/c17-16(18,19)13-4-2-8-23(10-13)15(24)11-22-7-1-3-12(9-22)14-5-6-20-21-14/h5-6,12-13H,1-4,7-11H2,(H,20,21)/t12-,13-/m1/s1. The summed E-state index contributed by atoms with van der Waals surface area (Å²) >= 11 is 0. The number of piperidine rings is 2. The van der Waals surface area contributed by atoms with E-state index in [1.807, 2.05) is 6.07 Å². The molecule has 1 amide bonds. The van der Waals surface area contributed by atoms with Crippen LogP contribution >= 0.6 is 0 Å². The number of aromatic amines is 1. The van der Waals surface area contributed by atoms with E-state index >= 15 is 0 Å². The predicted octanol–water partition coefficient (Wildman–Crippen LogP) is 2.39. The number of alkyl halides is 3. The van der Waals surface area contributed by atoms with Gasteiger partial charge in [-0.15, -0.1) is 0 Å². The Morgan fingerprint density at radius 1 is 1.25 bits per heavy atom. The van der Waals surface area contributed by atoms with Crippen molar-refractivity contribution in [2.45, 2.75) is 37.8 Å². The summed E-state index contributed by atoms with van der Waals surface area (Å²) < 4.78 is 38.7. The summed E-state index contributed by atoms with van der Waals surface area (Å²) in [6.45, 7) is 2.00. The van der Waals surface area contributed by atoms with E-state index in [9.17, 15) is 18.0 Å². The molecule has 0 spiro atoms. The Morgan fingerprint density at radius 2 is 2.04 bits per heavy atom. The lowest BCUT2D eigenvalue weighted by atomic mass is 9.94. The summed E-state index contributed by atoms with van der Waals surface area (Å²) in [5, 5.41) is 6.93. The molecule has 134 valence electrons. The number of halogens is 3. The van der Waals surface area contributed by atoms with E-state index in [2.05, 4.69) is 15.1 Å². The highest BCUT2D eigenvalue weighted by Crippen LogP contribution is 2.33. The second-order valence-corrected chi connectivity index (χ2v) is 6.81. The van der Waals surface area contributed by atoms with Crippen LogP contribution in [0.1, 0.15) is 37.3 Å². The number of amides is 1. The fraction of sp³-hybridized carbons (Fsp3) is 0.750. The maximum atomic E-state index is 12.9. The molecule has 0 unspecified atom stereocenters. The van der Waals surface area contributed by atoms with E-state index in [-0.39, 0.29) is 25.4 Å². The van der Waals surface area contributed by atoms with Gasteiger partial charge in [0, 0.05) is 37.4 Å². The normalized spacial score (nSPS) is 26.5. The minimum Gasteiger partial charge on any atom is -0.341 e. The van der Waals surface area contributed by atoms with Crippen LogP contribution in [0.2, 0.25) is 0 Å². The lowest BCUT2D eigenvalue weighted by molar-refractivity contribution is -0.188. The quantitative estimate of drug-likeness (QED) is 0.916. The lowest BCUT2D eigenvalue weighted by Gasteiger charge is -2.36. The fourth-order valence-electron chi connectivity index (χ4n) is 3.71. The zero-order valence-corrected chi connectivity index (χ0v) is 13.6. The molecular weight excluding hydrogens is 321 g/mol. The third-order valence-electron chi connectivity index (χ3n) is 5.06. The van der Waals surface area contributed by atoms with Gasteiger partial charge in [0.05, 0.1) is 12.5 Å². The van der Waals surface area contributed by atoms with Crippen molar-refractivity contribution in [1.29, 1.82) is 0 Å². The number of aromatic nitrogens is 2. The third kappa shape index (κ3) is 4.09. The largest absolute Gasteiger partial charge is 0.393 e. The Kier molecular flexibility index (Phi) is 5.12. The molecule has 8 heteroatoms. The average molecular weight is 344 g/mol. The summed E-state index contributed by atoms with van der Waals surface area (Å²) in [6.07, 6.45) is 0.0562. The van der Waals surface area contributed by atoms with Crippen LogP contribution in [0, 0.1) is 5.92 Å². The van der Waals surface area contributed by atoms with Crippen LogP contribution in [0.5, 0.6) is 0 Å². The third-order valence-corrected chi connectivity index (χ3v) is 5.06. The Balaban J connectivity index is 1.54. The first-order valence-electron chi connectivity index (χ1n) is 8.49. The summed E-state index contributed by atoms with van der Waals surface area (Å²) in [6, 6.07) is 1.94. The highest BCUT2D eigenvalue weighted by atomic mass is 19.4. The molecule has 5 nitrogen and oxygen atoms in total. The maximum Gasteiger partial charge on any atom is 0.393 e. The van der Waals surface area contributed by atoms with Crippen LogP contribution in [-0.4, -0.2) is 64.8 Å². The van der Waals surface area contributed by atoms with Gasteiger partial charge >= 0.3 is 6.18 Å². The number of hydrogen-bond acceptors (Lipinski definition) is 3. The summed E-state index contributed by atoms with van der Waals surface area (Å²) in [7, 11) is 0. The van der Waals surface area contributed by atoms with E-state index in [0.717, 1.165) is 31.6 Å². The number of H-pyrrole nitrogens is 1. The van der Waals surface area contributed by atoms with Gasteiger partial charge in [-0.1, -0.05) is 0 Å². The first-order chi connectivity index (χ1) is 11.4. The van der Waals surface area contributed by atoms with Gasteiger partial charge in [0.15, 0.2) is 0 Å². The number of carbonyl (C=O) groups is 1. The van der Waals surface area contributed by atoms with Crippen molar-refractivity contribution < 1.29 is 18.0 Å².